The normalized spacial score (nSPS) is 24.9. The Morgan fingerprint density at radius 2 is 1.04 bits per heavy atom. The highest BCUT2D eigenvalue weighted by Gasteiger charge is 2.45. The first-order valence-corrected chi connectivity index (χ1v) is 45.9. The SMILES string of the molecule is CCCC[C@H]1C(=O)N(C)[C@@H](CCCC)C(=O)N[C@@H](CC(C)C)C(=O)N[C@H](C(=O)NCC(N)=O)CSCC(=O)N[C@@H](Cc2ccc(O)cc2)C(=O)N(C)[C@@H](C)C(=O)N[C@@H](CCC(=O)O)C(=O)N2CCC[C@H]2C(=O)N[C@@H](CCN)C(=O)N[C@@H](CC(C)C)C(=O)N2CCC[C@H]2C(=O)C[C@@H](Cc2c[nH]c3ccccc23)C(=O)N[C@@H](CO)C(=O)N[C@@H](Cc2c[nH]c3ccccc23)C(=O)N1C. The second-order valence-corrected chi connectivity index (χ2v) is 35.8. The Hall–Kier alpha value is -12.0. The lowest BCUT2D eigenvalue weighted by atomic mass is 9.90. The molecule has 2 aromatic heterocycles. The quantitative estimate of drug-likeness (QED) is 0.0392. The molecule has 3 aliphatic rings. The number of nitrogens with zero attached hydrogens (tertiary/aromatic N) is 5. The predicted molar refractivity (Wildman–Crippen MR) is 484 cm³/mol. The molecule has 3 aromatic carbocycles. The van der Waals surface area contributed by atoms with Crippen LogP contribution in [0, 0.1) is 17.8 Å². The number of benzene rings is 3. The van der Waals surface area contributed by atoms with Gasteiger partial charge in [-0.1, -0.05) is 116 Å². The van der Waals surface area contributed by atoms with Crippen molar-refractivity contribution in [3.8, 4) is 5.75 Å². The molecule has 0 aliphatic carbocycles. The summed E-state index contributed by atoms with van der Waals surface area (Å²) >= 11 is 0.803. The van der Waals surface area contributed by atoms with Crippen LogP contribution in [-0.2, 0) is 101 Å². The fourth-order valence-corrected chi connectivity index (χ4v) is 17.6. The fourth-order valence-electron chi connectivity index (χ4n) is 16.7. The molecule has 0 spiro atoms. The van der Waals surface area contributed by atoms with E-state index in [0.717, 1.165) is 21.6 Å². The summed E-state index contributed by atoms with van der Waals surface area (Å²) in [5.74, 6) is -17.6. The number of thioether (sulfide) groups is 1. The molecular formula is C91H130N18O20S. The van der Waals surface area contributed by atoms with E-state index in [0.29, 0.717) is 70.6 Å². The fraction of sp³-hybridized carbons (Fsp3) is 0.571. The third-order valence-electron chi connectivity index (χ3n) is 24.0. The number of aromatic nitrogens is 2. The summed E-state index contributed by atoms with van der Waals surface area (Å²) < 4.78 is 0. The van der Waals surface area contributed by atoms with Gasteiger partial charge in [0.15, 0.2) is 5.78 Å². The molecule has 0 unspecified atom stereocenters. The molecule has 5 aromatic rings. The van der Waals surface area contributed by atoms with E-state index in [9.17, 15) is 63.3 Å². The Labute approximate surface area is 760 Å². The zero-order valence-electron chi connectivity index (χ0n) is 75.8. The number of hydrogen-bond acceptors (Lipinski definition) is 21. The predicted octanol–water partition coefficient (Wildman–Crippen LogP) is 1.35. The molecular weight excluding hydrogens is 1700 g/mol. The Kier molecular flexibility index (Phi) is 39.5. The molecule has 130 heavy (non-hydrogen) atoms. The number of unbranched alkanes of at least 4 members (excludes halogenated alkanes) is 2. The number of aromatic amines is 2. The average Bonchev–Trinajstić information content (AvgIpc) is 1.53. The van der Waals surface area contributed by atoms with E-state index >= 15 is 33.6 Å². The first kappa shape index (κ1) is 103. The molecule has 710 valence electrons. The van der Waals surface area contributed by atoms with Crippen LogP contribution in [0.5, 0.6) is 5.75 Å². The lowest BCUT2D eigenvalue weighted by molar-refractivity contribution is -0.149. The number of rotatable bonds is 25. The molecule has 14 atom stereocenters. The molecule has 0 bridgehead atoms. The van der Waals surface area contributed by atoms with E-state index in [2.05, 4.69) is 57.8 Å². The van der Waals surface area contributed by atoms with Crippen LogP contribution < -0.4 is 59.3 Å². The minimum absolute atomic E-state index is 0.0306. The van der Waals surface area contributed by atoms with Crippen LogP contribution in [0.1, 0.15) is 168 Å². The van der Waals surface area contributed by atoms with Crippen LogP contribution in [0.25, 0.3) is 21.8 Å². The third kappa shape index (κ3) is 28.7. The number of likely N-dealkylation sites (N-methyl/N-ethyl adjacent to an activating group) is 3. The van der Waals surface area contributed by atoms with Gasteiger partial charge in [-0.05, 0) is 137 Å². The van der Waals surface area contributed by atoms with Crippen molar-refractivity contribution in [1.29, 1.82) is 0 Å². The van der Waals surface area contributed by atoms with Crippen molar-refractivity contribution in [3.05, 3.63) is 102 Å². The number of Topliss-reactive ketones (excluding diaryl/α,β-unsaturated/α-hetero) is 1. The lowest BCUT2D eigenvalue weighted by Gasteiger charge is -2.36. The van der Waals surface area contributed by atoms with Crippen LogP contribution in [0.3, 0.4) is 0 Å². The number of aliphatic carboxylic acids is 1. The number of nitrogens with two attached hydrogens (primary N) is 2. The van der Waals surface area contributed by atoms with Crippen molar-refractivity contribution in [2.75, 3.05) is 65.4 Å². The summed E-state index contributed by atoms with van der Waals surface area (Å²) in [5.41, 5.74) is 14.5. The van der Waals surface area contributed by atoms with Crippen molar-refractivity contribution >= 4 is 134 Å². The number of nitrogens with one attached hydrogen (secondary N) is 11. The molecule has 3 aliphatic heterocycles. The summed E-state index contributed by atoms with van der Waals surface area (Å²) in [5, 5.41) is 56.9. The van der Waals surface area contributed by atoms with Crippen molar-refractivity contribution in [2.24, 2.45) is 29.2 Å². The van der Waals surface area contributed by atoms with Crippen LogP contribution >= 0.6 is 11.8 Å². The number of carbonyl (C=O) groups is 17. The maximum absolute atomic E-state index is 15.7. The number of aromatic hydroxyl groups is 1. The third-order valence-corrected chi connectivity index (χ3v) is 25.1. The molecule has 0 radical (unpaired) electrons. The maximum Gasteiger partial charge on any atom is 0.303 e. The second kappa shape index (κ2) is 49.7. The average molecular weight is 1830 g/mol. The van der Waals surface area contributed by atoms with Gasteiger partial charge in [0.05, 0.1) is 24.9 Å². The molecule has 3 saturated heterocycles. The number of carboxylic acids is 1. The van der Waals surface area contributed by atoms with E-state index in [4.69, 9.17) is 11.5 Å². The van der Waals surface area contributed by atoms with E-state index < -0.39 is 223 Å². The maximum atomic E-state index is 15.7. The number of fused-ring (bicyclic) bond motifs is 4. The van der Waals surface area contributed by atoms with Gasteiger partial charge in [0.25, 0.3) is 0 Å². The van der Waals surface area contributed by atoms with Gasteiger partial charge in [0.1, 0.15) is 78.3 Å². The van der Waals surface area contributed by atoms with Gasteiger partial charge in [0.2, 0.25) is 88.6 Å². The van der Waals surface area contributed by atoms with Crippen LogP contribution in [0.4, 0.5) is 0 Å². The van der Waals surface area contributed by atoms with E-state index in [1.165, 1.54) is 67.0 Å². The highest BCUT2D eigenvalue weighted by atomic mass is 32.2. The summed E-state index contributed by atoms with van der Waals surface area (Å²) in [6.07, 6.45) is 3.50. The molecule has 3 fully saturated rings. The van der Waals surface area contributed by atoms with E-state index in [-0.39, 0.29) is 114 Å². The Bertz CT molecular complexity index is 4830. The van der Waals surface area contributed by atoms with Gasteiger partial charge in [-0.2, -0.15) is 0 Å². The summed E-state index contributed by atoms with van der Waals surface area (Å²) in [6.45, 7) is 10.3. The smallest absolute Gasteiger partial charge is 0.303 e. The molecule has 39 heteroatoms. The van der Waals surface area contributed by atoms with Gasteiger partial charge in [-0.25, -0.2) is 0 Å². The number of primary amides is 1. The standard InChI is InChI=1S/C91H130N18O20S/c1-11-13-25-72-85(123)100-65(39-51(3)4)83(121)104-70(81(119)96-47-76(93)113)49-130-50-77(114)97-67(41-54-29-31-58(111)32-30-54)87(125)105(8)53(7)79(117)99-64(33-34-78(115)116)89(127)109-38-20-28-73(109)86(124)98-63(35-36-92)82(120)101-66(40-52(5)6)90(128)108-37-19-27-71(108)75(112)44-55(42-56-45-94-61-23-17-15-21-59(56)61)80(118)103-69(48-110)84(122)102-68(43-57-46-95-62-24-18-16-22-60(57)62)88(126)107(10)74(26-14-12-2)91(129)106(72)9/h15-18,21-24,29-32,45-46,51-53,55,63-74,94-95,110-111H,11-14,19-20,25-28,33-44,47-50,92H2,1-10H3,(H2,93,113)(H,96,119)(H,97,114)(H,98,124)(H,99,117)(H,100,123)(H,101,120)(H,102,122)(H,103,118)(H,104,121)(H,115,116)/t53-,55+,63-,64-,65-,66-,67-,68-,69-,70-,71-,72-,73-,74-/m0/s1. The summed E-state index contributed by atoms with van der Waals surface area (Å²) in [4.78, 5) is 261. The van der Waals surface area contributed by atoms with Crippen LogP contribution in [0.2, 0.25) is 0 Å². The summed E-state index contributed by atoms with van der Waals surface area (Å²) in [6, 6.07) is 1.35. The highest BCUT2D eigenvalue weighted by molar-refractivity contribution is 8.00. The molecule has 18 N–H and O–H groups in total. The number of carbonyl (C=O) groups excluding carboxylic acids is 16. The molecule has 0 saturated carbocycles. The number of aliphatic hydroxyl groups is 1. The van der Waals surface area contributed by atoms with Crippen LogP contribution in [-0.4, -0.2) is 294 Å². The first-order chi connectivity index (χ1) is 61.9. The first-order valence-electron chi connectivity index (χ1n) is 44.8. The second-order valence-electron chi connectivity index (χ2n) is 34.8. The molecule has 15 amide bonds. The number of ketones is 1. The number of phenolic OH excluding ortho intramolecular Hbond substituents is 1. The minimum Gasteiger partial charge on any atom is -0.508 e. The number of phenols is 1. The topological polar surface area (TPSA) is 559 Å². The largest absolute Gasteiger partial charge is 0.508 e. The number of amides is 15. The number of para-hydroxylation sites is 2. The van der Waals surface area contributed by atoms with Crippen LogP contribution in [0.15, 0.2) is 85.2 Å². The zero-order valence-corrected chi connectivity index (χ0v) is 76.6. The minimum atomic E-state index is -1.79. The van der Waals surface area contributed by atoms with Crippen molar-refractivity contribution < 1.29 is 96.8 Å². The molecule has 8 rings (SSSR count). The van der Waals surface area contributed by atoms with Gasteiger partial charge in [0, 0.05) is 106 Å². The number of carboxylic acid groups (broad SMARTS) is 1. The Morgan fingerprint density at radius 3 is 1.63 bits per heavy atom. The lowest BCUT2D eigenvalue weighted by Crippen LogP contribution is -2.61. The summed E-state index contributed by atoms with van der Waals surface area (Å²) in [7, 11) is 4.02. The highest BCUT2D eigenvalue weighted by Crippen LogP contribution is 2.30. The number of H-pyrrole nitrogens is 2. The van der Waals surface area contributed by atoms with Crippen molar-refractivity contribution in [3.63, 3.8) is 0 Å². The van der Waals surface area contributed by atoms with Gasteiger partial charge < -0.3 is 109 Å². The van der Waals surface area contributed by atoms with Gasteiger partial charge in [-0.15, -0.1) is 11.8 Å². The number of aliphatic hydroxyl groups excluding tert-OH is 1. The van der Waals surface area contributed by atoms with Crippen molar-refractivity contribution in [2.45, 2.75) is 249 Å². The zero-order chi connectivity index (χ0) is 95.3. The number of hydrogen-bond donors (Lipinski definition) is 16. The van der Waals surface area contributed by atoms with Gasteiger partial charge >= 0.3 is 5.97 Å². The van der Waals surface area contributed by atoms with Crippen molar-refractivity contribution in [1.82, 2.24) is 82.3 Å². The molecule has 5 heterocycles. The van der Waals surface area contributed by atoms with Gasteiger partial charge in [-0.3, -0.25) is 81.5 Å². The molecule has 38 nitrogen and oxygen atoms in total. The monoisotopic (exact) mass is 1830 g/mol. The van der Waals surface area contributed by atoms with E-state index in [1.807, 2.05) is 26.0 Å². The Morgan fingerprint density at radius 1 is 0.531 bits per heavy atom. The van der Waals surface area contributed by atoms with E-state index in [1.54, 1.807) is 76.5 Å². The Balaban J connectivity index is 1.18.